The van der Waals surface area contributed by atoms with Crippen LogP contribution >= 0.6 is 11.6 Å². The lowest BCUT2D eigenvalue weighted by molar-refractivity contribution is -0.145. The van der Waals surface area contributed by atoms with Gasteiger partial charge in [0.25, 0.3) is 0 Å². The van der Waals surface area contributed by atoms with Crippen LogP contribution in [0.15, 0.2) is 24.3 Å². The van der Waals surface area contributed by atoms with Crippen molar-refractivity contribution >= 4 is 29.4 Å². The maximum atomic E-state index is 12.2. The fourth-order valence-corrected chi connectivity index (χ4v) is 2.43. The standard InChI is InChI=1S/C13H11ClN2O3/c14-9-4-2-1-3-8(9)7-16-11(18)13(5-6-13)10(17)15-12(16)19/h1-4H,5-7H2,(H,15,17,19). The quantitative estimate of drug-likeness (QED) is 0.837. The Labute approximate surface area is 114 Å². The molecule has 1 heterocycles. The third-order valence-corrected chi connectivity index (χ3v) is 3.96. The summed E-state index contributed by atoms with van der Waals surface area (Å²) in [5.74, 6) is -0.890. The Bertz CT molecular complexity index is 595. The van der Waals surface area contributed by atoms with Crippen molar-refractivity contribution in [3.63, 3.8) is 0 Å². The molecule has 1 saturated carbocycles. The molecule has 1 aliphatic heterocycles. The zero-order valence-electron chi connectivity index (χ0n) is 9.98. The third kappa shape index (κ3) is 1.81. The molecule has 0 radical (unpaired) electrons. The van der Waals surface area contributed by atoms with Crippen LogP contribution in [-0.2, 0) is 16.1 Å². The lowest BCUT2D eigenvalue weighted by atomic mass is 10.0. The van der Waals surface area contributed by atoms with Crippen molar-refractivity contribution in [2.24, 2.45) is 5.41 Å². The third-order valence-electron chi connectivity index (χ3n) is 3.59. The number of amides is 4. The highest BCUT2D eigenvalue weighted by atomic mass is 35.5. The molecule has 6 heteroatoms. The van der Waals surface area contributed by atoms with Crippen molar-refractivity contribution in [3.05, 3.63) is 34.9 Å². The van der Waals surface area contributed by atoms with E-state index in [9.17, 15) is 14.4 Å². The Hall–Kier alpha value is -1.88. The van der Waals surface area contributed by atoms with Gasteiger partial charge in [-0.3, -0.25) is 19.8 Å². The molecule has 1 N–H and O–H groups in total. The Morgan fingerprint density at radius 2 is 1.89 bits per heavy atom. The molecule has 4 amide bonds. The Morgan fingerprint density at radius 1 is 1.21 bits per heavy atom. The number of halogens is 1. The normalized spacial score (nSPS) is 20.7. The Balaban J connectivity index is 1.88. The number of carbonyl (C=O) groups is 3. The molecule has 1 saturated heterocycles. The lowest BCUT2D eigenvalue weighted by Gasteiger charge is -2.30. The van der Waals surface area contributed by atoms with Crippen molar-refractivity contribution in [3.8, 4) is 0 Å². The lowest BCUT2D eigenvalue weighted by Crippen LogP contribution is -2.58. The zero-order valence-corrected chi connectivity index (χ0v) is 10.7. The van der Waals surface area contributed by atoms with E-state index in [4.69, 9.17) is 11.6 Å². The molecular formula is C13H11ClN2O3. The van der Waals surface area contributed by atoms with E-state index in [1.807, 2.05) is 0 Å². The summed E-state index contributed by atoms with van der Waals surface area (Å²) in [6.07, 6.45) is 1.01. The highest BCUT2D eigenvalue weighted by molar-refractivity contribution is 6.31. The molecular weight excluding hydrogens is 268 g/mol. The number of carbonyl (C=O) groups excluding carboxylic acids is 3. The van der Waals surface area contributed by atoms with Gasteiger partial charge in [-0.15, -0.1) is 0 Å². The molecule has 2 aliphatic rings. The van der Waals surface area contributed by atoms with Gasteiger partial charge >= 0.3 is 6.03 Å². The van der Waals surface area contributed by atoms with E-state index in [0.717, 1.165) is 4.90 Å². The SMILES string of the molecule is O=C1NC(=O)C2(CC2)C(=O)N1Cc1ccccc1Cl. The van der Waals surface area contributed by atoms with Crippen LogP contribution in [0.1, 0.15) is 18.4 Å². The average Bonchev–Trinajstić information content (AvgIpc) is 3.16. The maximum absolute atomic E-state index is 12.2. The molecule has 1 aromatic rings. The number of barbiturate groups is 1. The molecule has 19 heavy (non-hydrogen) atoms. The van der Waals surface area contributed by atoms with Crippen molar-refractivity contribution < 1.29 is 14.4 Å². The molecule has 3 rings (SSSR count). The fourth-order valence-electron chi connectivity index (χ4n) is 2.24. The van der Waals surface area contributed by atoms with E-state index in [1.54, 1.807) is 24.3 Å². The summed E-state index contributed by atoms with van der Waals surface area (Å²) in [6, 6.07) is 6.33. The van der Waals surface area contributed by atoms with E-state index in [2.05, 4.69) is 5.32 Å². The van der Waals surface area contributed by atoms with Crippen molar-refractivity contribution in [2.45, 2.75) is 19.4 Å². The minimum Gasteiger partial charge on any atom is -0.277 e. The molecule has 0 aromatic heterocycles. The summed E-state index contributed by atoms with van der Waals surface area (Å²) in [7, 11) is 0. The molecule has 0 atom stereocenters. The van der Waals surface area contributed by atoms with Gasteiger partial charge in [0.15, 0.2) is 0 Å². The zero-order chi connectivity index (χ0) is 13.6. The predicted molar refractivity (Wildman–Crippen MR) is 67.2 cm³/mol. The molecule has 5 nitrogen and oxygen atoms in total. The number of rotatable bonds is 2. The van der Waals surface area contributed by atoms with E-state index in [0.29, 0.717) is 23.4 Å². The van der Waals surface area contributed by atoms with Crippen molar-refractivity contribution in [1.82, 2.24) is 10.2 Å². The van der Waals surface area contributed by atoms with E-state index in [-0.39, 0.29) is 6.54 Å². The fraction of sp³-hybridized carbons (Fsp3) is 0.308. The van der Waals surface area contributed by atoms with Crippen molar-refractivity contribution in [2.75, 3.05) is 0 Å². The number of hydrogen-bond donors (Lipinski definition) is 1. The average molecular weight is 279 g/mol. The summed E-state index contributed by atoms with van der Waals surface area (Å²) in [5, 5.41) is 2.73. The first-order valence-electron chi connectivity index (χ1n) is 5.95. The molecule has 0 unspecified atom stereocenters. The van der Waals surface area contributed by atoms with Crippen LogP contribution in [-0.4, -0.2) is 22.7 Å². The van der Waals surface area contributed by atoms with Gasteiger partial charge in [0.1, 0.15) is 5.41 Å². The van der Waals surface area contributed by atoms with E-state index < -0.39 is 23.3 Å². The predicted octanol–water partition coefficient (Wildman–Crippen LogP) is 1.70. The Kier molecular flexibility index (Phi) is 2.60. The number of urea groups is 1. The van der Waals surface area contributed by atoms with Gasteiger partial charge in [-0.25, -0.2) is 4.79 Å². The van der Waals surface area contributed by atoms with Crippen LogP contribution in [0.4, 0.5) is 4.79 Å². The largest absolute Gasteiger partial charge is 0.331 e. The van der Waals surface area contributed by atoms with Crippen LogP contribution in [0, 0.1) is 5.41 Å². The summed E-state index contributed by atoms with van der Waals surface area (Å²) in [4.78, 5) is 36.7. The topological polar surface area (TPSA) is 66.5 Å². The minimum absolute atomic E-state index is 0.0827. The van der Waals surface area contributed by atoms with Crippen LogP contribution in [0.5, 0.6) is 0 Å². The minimum atomic E-state index is -1.00. The molecule has 1 spiro atoms. The highest BCUT2D eigenvalue weighted by Gasteiger charge is 2.62. The number of imide groups is 2. The number of nitrogens with zero attached hydrogens (tertiary/aromatic N) is 1. The smallest absolute Gasteiger partial charge is 0.277 e. The first-order valence-corrected chi connectivity index (χ1v) is 6.33. The second kappa shape index (κ2) is 4.06. The van der Waals surface area contributed by atoms with Gasteiger partial charge in [-0.2, -0.15) is 0 Å². The van der Waals surface area contributed by atoms with E-state index >= 15 is 0 Å². The summed E-state index contributed by atoms with van der Waals surface area (Å²) in [6.45, 7) is 0.0827. The summed E-state index contributed by atoms with van der Waals surface area (Å²) >= 11 is 6.02. The van der Waals surface area contributed by atoms with Crippen LogP contribution in [0.25, 0.3) is 0 Å². The summed E-state index contributed by atoms with van der Waals surface area (Å²) in [5.41, 5.74) is -0.326. The van der Waals surface area contributed by atoms with Gasteiger partial charge in [-0.1, -0.05) is 29.8 Å². The van der Waals surface area contributed by atoms with Gasteiger partial charge in [0, 0.05) is 5.02 Å². The number of benzene rings is 1. The van der Waals surface area contributed by atoms with Gasteiger partial charge < -0.3 is 0 Å². The van der Waals surface area contributed by atoms with Gasteiger partial charge in [-0.05, 0) is 24.5 Å². The molecule has 0 bridgehead atoms. The van der Waals surface area contributed by atoms with Gasteiger partial charge in [0.2, 0.25) is 11.8 Å². The van der Waals surface area contributed by atoms with Crippen LogP contribution in [0.3, 0.4) is 0 Å². The first-order chi connectivity index (χ1) is 9.04. The molecule has 1 aromatic carbocycles. The molecule has 98 valence electrons. The number of hydrogen-bond acceptors (Lipinski definition) is 3. The van der Waals surface area contributed by atoms with E-state index in [1.165, 1.54) is 0 Å². The second-order valence-electron chi connectivity index (χ2n) is 4.82. The maximum Gasteiger partial charge on any atom is 0.331 e. The number of nitrogens with one attached hydrogen (secondary N) is 1. The second-order valence-corrected chi connectivity index (χ2v) is 5.23. The van der Waals surface area contributed by atoms with Crippen LogP contribution in [0.2, 0.25) is 5.02 Å². The molecule has 2 fully saturated rings. The molecule has 1 aliphatic carbocycles. The van der Waals surface area contributed by atoms with Crippen molar-refractivity contribution in [1.29, 1.82) is 0 Å². The van der Waals surface area contributed by atoms with Crippen LogP contribution < -0.4 is 5.32 Å². The highest BCUT2D eigenvalue weighted by Crippen LogP contribution is 2.49. The monoisotopic (exact) mass is 278 g/mol. The Morgan fingerprint density at radius 3 is 2.53 bits per heavy atom. The summed E-state index contributed by atoms with van der Waals surface area (Å²) < 4.78 is 0. The van der Waals surface area contributed by atoms with Gasteiger partial charge in [0.05, 0.1) is 6.54 Å². The first kappa shape index (κ1) is 12.2.